The van der Waals surface area contributed by atoms with Crippen LogP contribution < -0.4 is 10.6 Å². The van der Waals surface area contributed by atoms with Crippen molar-refractivity contribution < 1.29 is 9.26 Å². The first kappa shape index (κ1) is 17.7. The van der Waals surface area contributed by atoms with Crippen molar-refractivity contribution >= 4 is 5.96 Å². The Labute approximate surface area is 138 Å². The van der Waals surface area contributed by atoms with Crippen LogP contribution in [-0.2, 0) is 17.7 Å². The first-order valence-electron chi connectivity index (χ1n) is 8.27. The summed E-state index contributed by atoms with van der Waals surface area (Å²) in [6.07, 6.45) is 0.879. The normalized spacial score (nSPS) is 17.3. The average Bonchev–Trinajstić information content (AvgIpc) is 3.04. The number of morpholine rings is 1. The summed E-state index contributed by atoms with van der Waals surface area (Å²) < 4.78 is 10.7. The lowest BCUT2D eigenvalue weighted by Crippen LogP contribution is -2.56. The molecule has 7 heteroatoms. The molecule has 1 aliphatic heterocycles. The summed E-state index contributed by atoms with van der Waals surface area (Å²) in [6.45, 7) is 11.5. The summed E-state index contributed by atoms with van der Waals surface area (Å²) in [5, 5.41) is 10.6. The number of aromatic nitrogens is 1. The number of hydrogen-bond acceptors (Lipinski definition) is 5. The average molecular weight is 323 g/mol. The Kier molecular flexibility index (Phi) is 6.41. The van der Waals surface area contributed by atoms with Gasteiger partial charge in [-0.1, -0.05) is 12.1 Å². The molecular formula is C16H29N5O2. The third-order valence-corrected chi connectivity index (χ3v) is 4.18. The molecule has 0 unspecified atom stereocenters. The molecule has 0 saturated carbocycles. The first-order valence-corrected chi connectivity index (χ1v) is 8.27. The van der Waals surface area contributed by atoms with Gasteiger partial charge >= 0.3 is 0 Å². The molecule has 1 saturated heterocycles. The topological polar surface area (TPSA) is 74.9 Å². The van der Waals surface area contributed by atoms with Crippen molar-refractivity contribution in [1.82, 2.24) is 20.7 Å². The Morgan fingerprint density at radius 2 is 2.09 bits per heavy atom. The SMILES string of the molecule is CCc1cc(CNC(=NC)NCC(C)(C)N2CCOCC2)on1. The second kappa shape index (κ2) is 8.31. The molecular weight excluding hydrogens is 294 g/mol. The standard InChI is InChI=1S/C16H29N5O2/c1-5-13-10-14(23-20-13)11-18-15(17-4)19-12-16(2,3)21-6-8-22-9-7-21/h10H,5-9,11-12H2,1-4H3,(H2,17,18,19). The number of hydrogen-bond donors (Lipinski definition) is 2. The van der Waals surface area contributed by atoms with Gasteiger partial charge in [0.1, 0.15) is 0 Å². The fraction of sp³-hybridized carbons (Fsp3) is 0.750. The highest BCUT2D eigenvalue weighted by Crippen LogP contribution is 2.15. The maximum atomic E-state index is 5.43. The fourth-order valence-corrected chi connectivity index (χ4v) is 2.58. The molecule has 0 aliphatic carbocycles. The second-order valence-corrected chi connectivity index (χ2v) is 6.33. The van der Waals surface area contributed by atoms with Gasteiger partial charge in [-0.05, 0) is 20.3 Å². The molecule has 0 aromatic carbocycles. The van der Waals surface area contributed by atoms with Crippen molar-refractivity contribution in [3.63, 3.8) is 0 Å². The van der Waals surface area contributed by atoms with Gasteiger partial charge in [0, 0.05) is 38.3 Å². The van der Waals surface area contributed by atoms with Gasteiger partial charge in [0.25, 0.3) is 0 Å². The molecule has 0 radical (unpaired) electrons. The number of guanidine groups is 1. The number of rotatable bonds is 6. The molecule has 2 N–H and O–H groups in total. The van der Waals surface area contributed by atoms with Crippen LogP contribution in [0.3, 0.4) is 0 Å². The molecule has 130 valence electrons. The lowest BCUT2D eigenvalue weighted by molar-refractivity contribution is -0.00834. The van der Waals surface area contributed by atoms with Gasteiger partial charge in [-0.25, -0.2) is 0 Å². The van der Waals surface area contributed by atoms with E-state index in [1.165, 1.54) is 0 Å². The molecule has 0 bridgehead atoms. The number of nitrogens with one attached hydrogen (secondary N) is 2. The van der Waals surface area contributed by atoms with Crippen LogP contribution in [0.4, 0.5) is 0 Å². The quantitative estimate of drug-likeness (QED) is 0.601. The summed E-state index contributed by atoms with van der Waals surface area (Å²) in [6, 6.07) is 1.97. The van der Waals surface area contributed by atoms with Gasteiger partial charge in [-0.2, -0.15) is 0 Å². The summed E-state index contributed by atoms with van der Waals surface area (Å²) in [5.41, 5.74) is 1.02. The summed E-state index contributed by atoms with van der Waals surface area (Å²) >= 11 is 0. The van der Waals surface area contributed by atoms with E-state index in [0.29, 0.717) is 6.54 Å². The highest BCUT2D eigenvalue weighted by molar-refractivity contribution is 5.79. The van der Waals surface area contributed by atoms with Crippen LogP contribution in [0.15, 0.2) is 15.6 Å². The second-order valence-electron chi connectivity index (χ2n) is 6.33. The van der Waals surface area contributed by atoms with E-state index in [0.717, 1.165) is 56.7 Å². The molecule has 0 spiro atoms. The highest BCUT2D eigenvalue weighted by atomic mass is 16.5. The van der Waals surface area contributed by atoms with Gasteiger partial charge in [-0.3, -0.25) is 9.89 Å². The van der Waals surface area contributed by atoms with Crippen molar-refractivity contribution in [2.24, 2.45) is 4.99 Å². The molecule has 1 aliphatic rings. The zero-order valence-corrected chi connectivity index (χ0v) is 14.7. The lowest BCUT2D eigenvalue weighted by Gasteiger charge is -2.41. The predicted octanol–water partition coefficient (Wildman–Crippen LogP) is 1.01. The zero-order valence-electron chi connectivity index (χ0n) is 14.7. The van der Waals surface area contributed by atoms with Gasteiger partial charge in [-0.15, -0.1) is 0 Å². The maximum Gasteiger partial charge on any atom is 0.191 e. The van der Waals surface area contributed by atoms with E-state index in [-0.39, 0.29) is 5.54 Å². The summed E-state index contributed by atoms with van der Waals surface area (Å²) in [7, 11) is 1.77. The molecule has 0 amide bonds. The van der Waals surface area contributed by atoms with Crippen molar-refractivity contribution in [3.8, 4) is 0 Å². The number of aryl methyl sites for hydroxylation is 1. The third kappa shape index (κ3) is 5.21. The minimum absolute atomic E-state index is 0.0447. The number of aliphatic imine (C=N–C) groups is 1. The largest absolute Gasteiger partial charge is 0.379 e. The highest BCUT2D eigenvalue weighted by Gasteiger charge is 2.28. The van der Waals surface area contributed by atoms with Crippen molar-refractivity contribution in [1.29, 1.82) is 0 Å². The number of ether oxygens (including phenoxy) is 1. The van der Waals surface area contributed by atoms with Gasteiger partial charge < -0.3 is 19.9 Å². The first-order chi connectivity index (χ1) is 11.0. The van der Waals surface area contributed by atoms with Crippen LogP contribution in [0.5, 0.6) is 0 Å². The smallest absolute Gasteiger partial charge is 0.191 e. The van der Waals surface area contributed by atoms with E-state index >= 15 is 0 Å². The fourth-order valence-electron chi connectivity index (χ4n) is 2.58. The van der Waals surface area contributed by atoms with Crippen LogP contribution in [-0.4, -0.2) is 61.5 Å². The molecule has 2 heterocycles. The minimum Gasteiger partial charge on any atom is -0.379 e. The molecule has 7 nitrogen and oxygen atoms in total. The van der Waals surface area contributed by atoms with Crippen LogP contribution in [0.2, 0.25) is 0 Å². The van der Waals surface area contributed by atoms with E-state index < -0.39 is 0 Å². The predicted molar refractivity (Wildman–Crippen MR) is 90.6 cm³/mol. The summed E-state index contributed by atoms with van der Waals surface area (Å²) in [5.74, 6) is 1.58. The Morgan fingerprint density at radius 3 is 2.70 bits per heavy atom. The Balaban J connectivity index is 1.79. The minimum atomic E-state index is 0.0447. The zero-order chi connectivity index (χ0) is 16.7. The van der Waals surface area contributed by atoms with Crippen LogP contribution in [0.25, 0.3) is 0 Å². The van der Waals surface area contributed by atoms with Gasteiger partial charge in [0.2, 0.25) is 0 Å². The van der Waals surface area contributed by atoms with Crippen LogP contribution in [0, 0.1) is 0 Å². The van der Waals surface area contributed by atoms with Crippen molar-refractivity contribution in [3.05, 3.63) is 17.5 Å². The van der Waals surface area contributed by atoms with Crippen LogP contribution >= 0.6 is 0 Å². The monoisotopic (exact) mass is 323 g/mol. The summed E-state index contributed by atoms with van der Waals surface area (Å²) in [4.78, 5) is 6.71. The Morgan fingerprint density at radius 1 is 1.35 bits per heavy atom. The molecule has 1 fully saturated rings. The lowest BCUT2D eigenvalue weighted by atomic mass is 10.0. The van der Waals surface area contributed by atoms with E-state index in [1.54, 1.807) is 7.05 Å². The van der Waals surface area contributed by atoms with Crippen molar-refractivity contribution in [2.75, 3.05) is 39.9 Å². The maximum absolute atomic E-state index is 5.43. The van der Waals surface area contributed by atoms with Crippen molar-refractivity contribution in [2.45, 2.75) is 39.3 Å². The number of nitrogens with zero attached hydrogens (tertiary/aromatic N) is 3. The molecule has 23 heavy (non-hydrogen) atoms. The molecule has 2 rings (SSSR count). The Hall–Kier alpha value is -1.60. The van der Waals surface area contributed by atoms with Crippen LogP contribution in [0.1, 0.15) is 32.2 Å². The van der Waals surface area contributed by atoms with E-state index in [4.69, 9.17) is 9.26 Å². The van der Waals surface area contributed by atoms with E-state index in [9.17, 15) is 0 Å². The third-order valence-electron chi connectivity index (χ3n) is 4.18. The molecule has 1 aromatic heterocycles. The molecule has 1 aromatic rings. The van der Waals surface area contributed by atoms with E-state index in [1.807, 2.05) is 6.07 Å². The van der Waals surface area contributed by atoms with E-state index in [2.05, 4.69) is 46.5 Å². The van der Waals surface area contributed by atoms with Gasteiger partial charge in [0.15, 0.2) is 11.7 Å². The Bertz CT molecular complexity index is 506. The molecule has 0 atom stereocenters. The van der Waals surface area contributed by atoms with Gasteiger partial charge in [0.05, 0.1) is 25.5 Å².